The second-order valence-corrected chi connectivity index (χ2v) is 5.02. The minimum atomic E-state index is -0.397. The molecule has 5 nitrogen and oxygen atoms in total. The summed E-state index contributed by atoms with van der Waals surface area (Å²) in [6.07, 6.45) is 0.348. The number of rotatable bonds is 5. The van der Waals surface area contributed by atoms with Crippen molar-refractivity contribution in [1.29, 1.82) is 0 Å². The smallest absolute Gasteiger partial charge is 0.251 e. The number of hydrogen-bond donors (Lipinski definition) is 1. The Morgan fingerprint density at radius 2 is 1.58 bits per heavy atom. The Hall–Kier alpha value is -3.09. The summed E-state index contributed by atoms with van der Waals surface area (Å²) in [7, 11) is 0. The summed E-state index contributed by atoms with van der Waals surface area (Å²) in [6, 6.07) is 11.0. The maximum Gasteiger partial charge on any atom is 0.251 e. The molecule has 0 unspecified atom stereocenters. The topological polar surface area (TPSA) is 68.0 Å². The van der Waals surface area contributed by atoms with Crippen molar-refractivity contribution in [2.24, 2.45) is 0 Å². The Morgan fingerprint density at radius 3 is 2.25 bits per heavy atom. The maximum atomic E-state index is 12.9. The van der Waals surface area contributed by atoms with Crippen LogP contribution in [0.4, 0.5) is 8.78 Å². The molecule has 1 N–H and O–H groups in total. The molecule has 1 heterocycles. The van der Waals surface area contributed by atoms with E-state index < -0.39 is 5.82 Å². The minimum absolute atomic E-state index is 0.287. The van der Waals surface area contributed by atoms with Gasteiger partial charge in [0.25, 0.3) is 5.91 Å². The number of carbonyl (C=O) groups is 1. The molecule has 24 heavy (non-hydrogen) atoms. The third-order valence-electron chi connectivity index (χ3n) is 3.29. The van der Waals surface area contributed by atoms with Crippen LogP contribution in [0.25, 0.3) is 11.5 Å². The lowest BCUT2D eigenvalue weighted by atomic mass is 10.2. The van der Waals surface area contributed by atoms with Gasteiger partial charge in [-0.2, -0.15) is 0 Å². The van der Waals surface area contributed by atoms with E-state index >= 15 is 0 Å². The van der Waals surface area contributed by atoms with Crippen LogP contribution in [-0.4, -0.2) is 22.6 Å². The summed E-state index contributed by atoms with van der Waals surface area (Å²) in [5.41, 5.74) is 0.986. The molecule has 0 aliphatic rings. The van der Waals surface area contributed by atoms with Gasteiger partial charge in [-0.05, 0) is 48.5 Å². The van der Waals surface area contributed by atoms with Crippen molar-refractivity contribution in [3.8, 4) is 11.5 Å². The van der Waals surface area contributed by atoms with Crippen LogP contribution in [0, 0.1) is 11.6 Å². The van der Waals surface area contributed by atoms with Crippen LogP contribution in [0.2, 0.25) is 0 Å². The minimum Gasteiger partial charge on any atom is -0.421 e. The van der Waals surface area contributed by atoms with E-state index in [1.165, 1.54) is 36.4 Å². The summed E-state index contributed by atoms with van der Waals surface area (Å²) in [4.78, 5) is 11.9. The lowest BCUT2D eigenvalue weighted by molar-refractivity contribution is 0.0953. The third kappa shape index (κ3) is 3.81. The van der Waals surface area contributed by atoms with E-state index in [1.54, 1.807) is 12.1 Å². The zero-order valence-corrected chi connectivity index (χ0v) is 12.5. The normalized spacial score (nSPS) is 10.6. The molecule has 3 aromatic rings. The first-order valence-electron chi connectivity index (χ1n) is 7.24. The van der Waals surface area contributed by atoms with Crippen molar-refractivity contribution >= 4 is 5.91 Å². The molecule has 3 rings (SSSR count). The molecule has 0 bridgehead atoms. The van der Waals surface area contributed by atoms with Gasteiger partial charge in [0.15, 0.2) is 0 Å². The fraction of sp³-hybridized carbons (Fsp3) is 0.118. The van der Waals surface area contributed by atoms with E-state index in [1.807, 2.05) is 0 Å². The van der Waals surface area contributed by atoms with E-state index in [-0.39, 0.29) is 17.6 Å². The van der Waals surface area contributed by atoms with Gasteiger partial charge >= 0.3 is 0 Å². The number of amides is 1. The highest BCUT2D eigenvalue weighted by Gasteiger charge is 2.10. The van der Waals surface area contributed by atoms with Crippen molar-refractivity contribution in [3.63, 3.8) is 0 Å². The number of hydrogen-bond acceptors (Lipinski definition) is 4. The number of aromatic nitrogens is 2. The Balaban J connectivity index is 1.55. The van der Waals surface area contributed by atoms with Gasteiger partial charge in [-0.25, -0.2) is 8.78 Å². The SMILES string of the molecule is O=C(NCCc1nnc(-c2ccc(F)cc2)o1)c1ccc(F)cc1. The molecular weight excluding hydrogens is 316 g/mol. The molecule has 122 valence electrons. The fourth-order valence-corrected chi connectivity index (χ4v) is 2.05. The molecular formula is C17H13F2N3O2. The molecule has 0 atom stereocenters. The van der Waals surface area contributed by atoms with Crippen molar-refractivity contribution in [3.05, 3.63) is 71.6 Å². The van der Waals surface area contributed by atoms with Gasteiger partial charge in [0.05, 0.1) is 0 Å². The highest BCUT2D eigenvalue weighted by Crippen LogP contribution is 2.18. The van der Waals surface area contributed by atoms with Crippen LogP contribution in [0.3, 0.4) is 0 Å². The van der Waals surface area contributed by atoms with E-state index in [0.717, 1.165) is 0 Å². The van der Waals surface area contributed by atoms with E-state index in [9.17, 15) is 13.6 Å². The first kappa shape index (κ1) is 15.8. The lowest BCUT2D eigenvalue weighted by Crippen LogP contribution is -2.25. The lowest BCUT2D eigenvalue weighted by Gasteiger charge is -2.03. The molecule has 0 aliphatic carbocycles. The highest BCUT2D eigenvalue weighted by atomic mass is 19.1. The molecule has 0 spiro atoms. The van der Waals surface area contributed by atoms with Crippen LogP contribution in [0.15, 0.2) is 52.9 Å². The van der Waals surface area contributed by atoms with Gasteiger partial charge in [-0.3, -0.25) is 4.79 Å². The summed E-state index contributed by atoms with van der Waals surface area (Å²) < 4.78 is 31.2. The number of nitrogens with one attached hydrogen (secondary N) is 1. The van der Waals surface area contributed by atoms with Gasteiger partial charge in [-0.15, -0.1) is 10.2 Å². The predicted octanol–water partition coefficient (Wildman–Crippen LogP) is 2.99. The zero-order chi connectivity index (χ0) is 16.9. The van der Waals surface area contributed by atoms with E-state index in [4.69, 9.17) is 4.42 Å². The maximum absolute atomic E-state index is 12.9. The first-order chi connectivity index (χ1) is 11.6. The summed E-state index contributed by atoms with van der Waals surface area (Å²) in [5.74, 6) is -0.412. The molecule has 7 heteroatoms. The number of nitrogens with zero attached hydrogens (tertiary/aromatic N) is 2. The average molecular weight is 329 g/mol. The van der Waals surface area contributed by atoms with Crippen LogP contribution in [0.1, 0.15) is 16.2 Å². The van der Waals surface area contributed by atoms with E-state index in [2.05, 4.69) is 15.5 Å². The zero-order valence-electron chi connectivity index (χ0n) is 12.5. The van der Waals surface area contributed by atoms with Crippen LogP contribution < -0.4 is 5.32 Å². The third-order valence-corrected chi connectivity index (χ3v) is 3.29. The largest absolute Gasteiger partial charge is 0.421 e. The molecule has 1 aromatic heterocycles. The predicted molar refractivity (Wildman–Crippen MR) is 82.1 cm³/mol. The fourth-order valence-electron chi connectivity index (χ4n) is 2.05. The van der Waals surface area contributed by atoms with E-state index in [0.29, 0.717) is 30.0 Å². The summed E-state index contributed by atoms with van der Waals surface area (Å²) in [6.45, 7) is 0.293. The van der Waals surface area contributed by atoms with Gasteiger partial charge in [0.1, 0.15) is 11.6 Å². The molecule has 1 amide bonds. The Morgan fingerprint density at radius 1 is 0.958 bits per heavy atom. The Kier molecular flexibility index (Phi) is 4.60. The quantitative estimate of drug-likeness (QED) is 0.781. The van der Waals surface area contributed by atoms with Crippen LogP contribution >= 0.6 is 0 Å². The summed E-state index contributed by atoms with van der Waals surface area (Å²) >= 11 is 0. The van der Waals surface area contributed by atoms with Crippen molar-refractivity contribution in [1.82, 2.24) is 15.5 Å². The molecule has 2 aromatic carbocycles. The second-order valence-electron chi connectivity index (χ2n) is 5.02. The standard InChI is InChI=1S/C17H13F2N3O2/c18-13-5-1-11(2-6-13)16(23)20-10-9-15-21-22-17(24-15)12-3-7-14(19)8-4-12/h1-8H,9-10H2,(H,20,23). The van der Waals surface area contributed by atoms with Gasteiger partial charge in [-0.1, -0.05) is 0 Å². The molecule has 0 fully saturated rings. The van der Waals surface area contributed by atoms with Gasteiger partial charge in [0.2, 0.25) is 11.8 Å². The molecule has 0 saturated carbocycles. The molecule has 0 saturated heterocycles. The average Bonchev–Trinajstić information content (AvgIpc) is 3.05. The Labute approximate surface area is 136 Å². The number of halogens is 2. The van der Waals surface area contributed by atoms with Gasteiger partial charge in [0, 0.05) is 24.1 Å². The van der Waals surface area contributed by atoms with Crippen LogP contribution in [-0.2, 0) is 6.42 Å². The van der Waals surface area contributed by atoms with Crippen LogP contribution in [0.5, 0.6) is 0 Å². The molecule has 0 aliphatic heterocycles. The number of benzene rings is 2. The van der Waals surface area contributed by atoms with Crippen molar-refractivity contribution in [2.75, 3.05) is 6.54 Å². The van der Waals surface area contributed by atoms with Gasteiger partial charge < -0.3 is 9.73 Å². The number of carbonyl (C=O) groups excluding carboxylic acids is 1. The molecule has 0 radical (unpaired) electrons. The second kappa shape index (κ2) is 6.99. The van der Waals surface area contributed by atoms with Crippen molar-refractivity contribution < 1.29 is 18.0 Å². The monoisotopic (exact) mass is 329 g/mol. The highest BCUT2D eigenvalue weighted by molar-refractivity contribution is 5.94. The van der Waals surface area contributed by atoms with Crippen molar-refractivity contribution in [2.45, 2.75) is 6.42 Å². The first-order valence-corrected chi connectivity index (χ1v) is 7.24. The Bertz CT molecular complexity index is 830. The summed E-state index contributed by atoms with van der Waals surface area (Å²) in [5, 5.41) is 10.5.